The molecule has 46 heavy (non-hydrogen) atoms. The first-order chi connectivity index (χ1) is 22.0. The molecule has 13 heteroatoms. The highest BCUT2D eigenvalue weighted by Gasteiger charge is 2.37. The van der Waals surface area contributed by atoms with Gasteiger partial charge in [-0.2, -0.15) is 0 Å². The Morgan fingerprint density at radius 1 is 0.978 bits per heavy atom. The molecule has 2 amide bonds. The predicted octanol–water partition coefficient (Wildman–Crippen LogP) is 6.98. The minimum atomic E-state index is -0.796. The van der Waals surface area contributed by atoms with Crippen molar-refractivity contribution in [1.29, 1.82) is 0 Å². The zero-order valence-electron chi connectivity index (χ0n) is 26.1. The average Bonchev–Trinajstić information content (AvgIpc) is 3.02. The van der Waals surface area contributed by atoms with Crippen LogP contribution < -0.4 is 0 Å². The Balaban J connectivity index is 1.43. The van der Waals surface area contributed by atoms with Crippen LogP contribution in [0, 0.1) is 0 Å². The second-order valence-corrected chi connectivity index (χ2v) is 13.5. The number of amides is 2. The quantitative estimate of drug-likeness (QED) is 0.129. The molecular weight excluding hydrogens is 674 g/mol. The zero-order chi connectivity index (χ0) is 33.4. The molecule has 2 unspecified atom stereocenters. The van der Waals surface area contributed by atoms with Crippen molar-refractivity contribution in [3.8, 4) is 0 Å². The van der Waals surface area contributed by atoms with Gasteiger partial charge in [0.15, 0.2) is 11.6 Å². The summed E-state index contributed by atoms with van der Waals surface area (Å²) in [5.41, 5.74) is 2.06. The van der Waals surface area contributed by atoms with Gasteiger partial charge in [0.25, 0.3) is 0 Å². The van der Waals surface area contributed by atoms with Crippen LogP contribution in [0.3, 0.4) is 0 Å². The number of hydrogen-bond acceptors (Lipinski definition) is 7. The van der Waals surface area contributed by atoms with Gasteiger partial charge in [0.2, 0.25) is 0 Å². The SMILES string of the molecule is CO/N=C(\CCC(=O)c1cc(Cl)cc(Cl)c1)C(CCN1CCC(N2CCCN(C(CO)C(C)=O)C2=O)CC1)c1ccc(Cl)c(Cl)c1. The third kappa shape index (κ3) is 9.36. The van der Waals surface area contributed by atoms with Crippen LogP contribution in [-0.4, -0.2) is 102 Å². The number of carbonyl (C=O) groups excluding carboxylic acids is 3. The third-order valence-corrected chi connectivity index (χ3v) is 9.96. The molecule has 9 nitrogen and oxygen atoms in total. The molecule has 2 atom stereocenters. The third-order valence-electron chi connectivity index (χ3n) is 8.79. The summed E-state index contributed by atoms with van der Waals surface area (Å²) in [7, 11) is 1.48. The van der Waals surface area contributed by atoms with Crippen LogP contribution in [0.25, 0.3) is 0 Å². The highest BCUT2D eigenvalue weighted by Crippen LogP contribution is 2.32. The van der Waals surface area contributed by atoms with E-state index in [1.807, 2.05) is 17.0 Å². The van der Waals surface area contributed by atoms with Crippen LogP contribution in [0.5, 0.6) is 0 Å². The largest absolute Gasteiger partial charge is 0.399 e. The van der Waals surface area contributed by atoms with Crippen molar-refractivity contribution in [3.05, 3.63) is 67.6 Å². The normalized spacial score (nSPS) is 18.1. The first-order valence-corrected chi connectivity index (χ1v) is 17.0. The van der Waals surface area contributed by atoms with E-state index in [1.165, 1.54) is 18.9 Å². The van der Waals surface area contributed by atoms with Gasteiger partial charge in [-0.05, 0) is 81.5 Å². The number of ketones is 2. The smallest absolute Gasteiger partial charge is 0.320 e. The van der Waals surface area contributed by atoms with E-state index in [2.05, 4.69) is 10.1 Å². The number of hydrogen-bond donors (Lipinski definition) is 1. The van der Waals surface area contributed by atoms with E-state index < -0.39 is 6.04 Å². The minimum absolute atomic E-state index is 0.0698. The second-order valence-electron chi connectivity index (χ2n) is 11.8. The van der Waals surface area contributed by atoms with Crippen molar-refractivity contribution in [3.63, 3.8) is 0 Å². The van der Waals surface area contributed by atoms with Gasteiger partial charge in [-0.15, -0.1) is 0 Å². The molecule has 0 aromatic heterocycles. The van der Waals surface area contributed by atoms with E-state index in [0.717, 1.165) is 44.5 Å². The maximum Gasteiger partial charge on any atom is 0.320 e. The molecule has 2 aromatic carbocycles. The summed E-state index contributed by atoms with van der Waals surface area (Å²) < 4.78 is 0. The lowest BCUT2D eigenvalue weighted by Gasteiger charge is -2.45. The molecule has 0 aliphatic carbocycles. The summed E-state index contributed by atoms with van der Waals surface area (Å²) in [5.74, 6) is -0.510. The number of piperidine rings is 1. The van der Waals surface area contributed by atoms with Gasteiger partial charge in [0.05, 0.1) is 22.4 Å². The number of urea groups is 1. The summed E-state index contributed by atoms with van der Waals surface area (Å²) in [6.45, 7) is 4.49. The summed E-state index contributed by atoms with van der Waals surface area (Å²) in [5, 5.41) is 15.8. The molecule has 0 spiro atoms. The number of aliphatic hydroxyl groups excluding tert-OH is 1. The predicted molar refractivity (Wildman–Crippen MR) is 183 cm³/mol. The van der Waals surface area contributed by atoms with Crippen LogP contribution in [0.15, 0.2) is 41.6 Å². The molecule has 250 valence electrons. The number of halogens is 4. The zero-order valence-corrected chi connectivity index (χ0v) is 29.1. The van der Waals surface area contributed by atoms with Gasteiger partial charge >= 0.3 is 6.03 Å². The Bertz CT molecular complexity index is 1410. The van der Waals surface area contributed by atoms with Crippen LogP contribution >= 0.6 is 46.4 Å². The minimum Gasteiger partial charge on any atom is -0.399 e. The van der Waals surface area contributed by atoms with Gasteiger partial charge in [0, 0.05) is 60.2 Å². The van der Waals surface area contributed by atoms with Crippen molar-refractivity contribution < 1.29 is 24.3 Å². The van der Waals surface area contributed by atoms with E-state index in [-0.39, 0.29) is 42.6 Å². The highest BCUT2D eigenvalue weighted by molar-refractivity contribution is 6.42. The van der Waals surface area contributed by atoms with E-state index in [4.69, 9.17) is 51.2 Å². The fraction of sp³-hybridized carbons (Fsp3) is 0.515. The molecule has 2 heterocycles. The molecule has 2 aromatic rings. The maximum atomic E-state index is 13.3. The van der Waals surface area contributed by atoms with Crippen LogP contribution in [0.4, 0.5) is 4.79 Å². The lowest BCUT2D eigenvalue weighted by atomic mass is 9.87. The van der Waals surface area contributed by atoms with Crippen LogP contribution in [-0.2, 0) is 9.63 Å². The number of aliphatic hydroxyl groups is 1. The number of Topliss-reactive ketones (excluding diaryl/α,β-unsaturated/α-hetero) is 2. The monoisotopic (exact) mass is 712 g/mol. The highest BCUT2D eigenvalue weighted by atomic mass is 35.5. The number of likely N-dealkylation sites (tertiary alicyclic amines) is 1. The fourth-order valence-electron chi connectivity index (χ4n) is 6.36. The molecule has 2 aliphatic rings. The summed E-state index contributed by atoms with van der Waals surface area (Å²) in [6, 6.07) is 9.40. The Labute approximate surface area is 290 Å². The molecule has 0 saturated carbocycles. The van der Waals surface area contributed by atoms with Crippen molar-refractivity contribution in [1.82, 2.24) is 14.7 Å². The lowest BCUT2D eigenvalue weighted by Crippen LogP contribution is -2.60. The molecule has 2 aliphatic heterocycles. The van der Waals surface area contributed by atoms with Crippen molar-refractivity contribution in [2.24, 2.45) is 5.16 Å². The molecule has 2 saturated heterocycles. The number of rotatable bonds is 14. The fourth-order valence-corrected chi connectivity index (χ4v) is 7.20. The van der Waals surface area contributed by atoms with E-state index in [1.54, 1.807) is 24.3 Å². The number of oxime groups is 1. The van der Waals surface area contributed by atoms with Gasteiger partial charge in [0.1, 0.15) is 13.2 Å². The summed E-state index contributed by atoms with van der Waals surface area (Å²) in [6.07, 6.45) is 3.59. The molecule has 2 fully saturated rings. The van der Waals surface area contributed by atoms with Gasteiger partial charge in [-0.1, -0.05) is 57.6 Å². The first-order valence-electron chi connectivity index (χ1n) is 15.5. The van der Waals surface area contributed by atoms with Crippen molar-refractivity contribution in [2.75, 3.05) is 46.4 Å². The molecule has 0 radical (unpaired) electrons. The molecule has 1 N–H and O–H groups in total. The first kappa shape index (κ1) is 36.4. The summed E-state index contributed by atoms with van der Waals surface area (Å²) in [4.78, 5) is 49.4. The molecule has 0 bridgehead atoms. The van der Waals surface area contributed by atoms with Gasteiger partial charge < -0.3 is 24.6 Å². The Kier molecular flexibility index (Phi) is 13.6. The average molecular weight is 715 g/mol. The lowest BCUT2D eigenvalue weighted by molar-refractivity contribution is -0.123. The number of carbonyl (C=O) groups is 3. The Hall–Kier alpha value is -2.40. The van der Waals surface area contributed by atoms with E-state index in [9.17, 15) is 19.5 Å². The van der Waals surface area contributed by atoms with E-state index in [0.29, 0.717) is 57.3 Å². The number of benzene rings is 2. The van der Waals surface area contributed by atoms with E-state index >= 15 is 0 Å². The van der Waals surface area contributed by atoms with Crippen molar-refractivity contribution in [2.45, 2.75) is 63.5 Å². The van der Waals surface area contributed by atoms with Crippen LogP contribution in [0.2, 0.25) is 20.1 Å². The Morgan fingerprint density at radius 3 is 2.28 bits per heavy atom. The topological polar surface area (TPSA) is 103 Å². The number of nitrogens with zero attached hydrogens (tertiary/aromatic N) is 4. The molecular formula is C33H40Cl4N4O5. The van der Waals surface area contributed by atoms with Crippen molar-refractivity contribution >= 4 is 69.7 Å². The maximum absolute atomic E-state index is 13.3. The van der Waals surface area contributed by atoms with Gasteiger partial charge in [-0.25, -0.2) is 4.79 Å². The standard InChI is InChI=1S/C33H40Cl4N4O5/c1-21(43)31(20-42)41-12-3-11-40(33(41)45)26-8-13-39(14-9-26)15-10-27(22-4-5-28(36)29(37)18-22)30(38-46-2)6-7-32(44)23-16-24(34)19-25(35)17-23/h4-5,16-19,26-27,31,42H,3,6-15,20H2,1-2H3/b38-30+. The Morgan fingerprint density at radius 2 is 1.67 bits per heavy atom. The summed E-state index contributed by atoms with van der Waals surface area (Å²) >= 11 is 24.9. The van der Waals surface area contributed by atoms with Gasteiger partial charge in [-0.3, -0.25) is 9.59 Å². The van der Waals surface area contributed by atoms with Crippen LogP contribution in [0.1, 0.15) is 67.3 Å². The molecule has 4 rings (SSSR count). The second kappa shape index (κ2) is 17.1.